The summed E-state index contributed by atoms with van der Waals surface area (Å²) in [5.41, 5.74) is 10.8. The van der Waals surface area contributed by atoms with Crippen molar-refractivity contribution in [2.45, 2.75) is 5.91 Å². The molecule has 0 saturated heterocycles. The largest absolute Gasteiger partial charge is 0.278 e. The molecule has 1 heterocycles. The van der Waals surface area contributed by atoms with E-state index < -0.39 is 5.91 Å². The first-order valence-corrected chi connectivity index (χ1v) is 2.52. The Morgan fingerprint density at radius 2 is 1.89 bits per heavy atom. The van der Waals surface area contributed by atoms with Crippen LogP contribution in [0.4, 0.5) is 0 Å². The molecule has 9 heavy (non-hydrogen) atoms. The normalized spacial score (nSPS) is 25.6. The molecule has 0 aromatic heterocycles. The second kappa shape index (κ2) is 1.63. The highest BCUT2D eigenvalue weighted by Crippen LogP contribution is 2.12. The van der Waals surface area contributed by atoms with Crippen molar-refractivity contribution in [3.05, 3.63) is 0 Å². The number of hydrazine groups is 1. The zero-order valence-corrected chi connectivity index (χ0v) is 5.44. The fourth-order valence-electron chi connectivity index (χ4n) is 0.493. The lowest BCUT2D eigenvalue weighted by Gasteiger charge is -2.25. The van der Waals surface area contributed by atoms with Crippen molar-refractivity contribution in [1.29, 1.82) is 0 Å². The summed E-state index contributed by atoms with van der Waals surface area (Å²) >= 11 is 0. The first-order valence-electron chi connectivity index (χ1n) is 2.52. The average molecular weight is 130 g/mol. The highest BCUT2D eigenvalue weighted by atomic mass is 15.9. The van der Waals surface area contributed by atoms with E-state index in [-0.39, 0.29) is 0 Å². The maximum Gasteiger partial charge on any atom is 0.259 e. The third-order valence-electron chi connectivity index (χ3n) is 1.29. The van der Waals surface area contributed by atoms with Crippen LogP contribution in [-0.2, 0) is 0 Å². The number of rotatable bonds is 0. The SMILES string of the molecule is CN1N=NC(N)(N)N1C. The molecule has 6 heteroatoms. The van der Waals surface area contributed by atoms with E-state index in [0.29, 0.717) is 0 Å². The van der Waals surface area contributed by atoms with Gasteiger partial charge < -0.3 is 0 Å². The molecule has 0 radical (unpaired) electrons. The van der Waals surface area contributed by atoms with E-state index in [2.05, 4.69) is 10.3 Å². The molecule has 0 bridgehead atoms. The maximum absolute atomic E-state index is 5.41. The van der Waals surface area contributed by atoms with Crippen molar-refractivity contribution >= 4 is 0 Å². The third-order valence-corrected chi connectivity index (χ3v) is 1.29. The molecule has 0 aromatic rings. The van der Waals surface area contributed by atoms with Crippen molar-refractivity contribution in [2.24, 2.45) is 21.8 Å². The Kier molecular flexibility index (Phi) is 1.16. The van der Waals surface area contributed by atoms with Gasteiger partial charge in [0.15, 0.2) is 0 Å². The van der Waals surface area contributed by atoms with Gasteiger partial charge in [-0.05, 0) is 0 Å². The van der Waals surface area contributed by atoms with Crippen LogP contribution in [0.25, 0.3) is 0 Å². The Balaban J connectivity index is 2.74. The number of nitrogens with two attached hydrogens (primary N) is 2. The van der Waals surface area contributed by atoms with Crippen LogP contribution in [0.5, 0.6) is 0 Å². The molecule has 0 spiro atoms. The predicted octanol–water partition coefficient (Wildman–Crippen LogP) is -1.33. The Labute approximate surface area is 53.0 Å². The number of hydrogen-bond acceptors (Lipinski definition) is 6. The Bertz CT molecular complexity index is 139. The topological polar surface area (TPSA) is 83.2 Å². The molecular formula is C3H10N6. The first kappa shape index (κ1) is 6.40. The van der Waals surface area contributed by atoms with Crippen LogP contribution in [-0.4, -0.2) is 30.1 Å². The molecule has 1 aliphatic heterocycles. The minimum atomic E-state index is -1.16. The van der Waals surface area contributed by atoms with Gasteiger partial charge in [-0.2, -0.15) is 5.01 Å². The minimum absolute atomic E-state index is 1.16. The van der Waals surface area contributed by atoms with Crippen molar-refractivity contribution in [1.82, 2.24) is 10.1 Å². The average Bonchev–Trinajstić information content (AvgIpc) is 1.97. The van der Waals surface area contributed by atoms with Crippen molar-refractivity contribution < 1.29 is 0 Å². The van der Waals surface area contributed by atoms with Gasteiger partial charge in [-0.3, -0.25) is 11.5 Å². The predicted molar refractivity (Wildman–Crippen MR) is 31.5 cm³/mol. The van der Waals surface area contributed by atoms with E-state index in [0.717, 1.165) is 0 Å². The molecule has 0 saturated carbocycles. The maximum atomic E-state index is 5.41. The van der Waals surface area contributed by atoms with Gasteiger partial charge in [0.05, 0.1) is 0 Å². The van der Waals surface area contributed by atoms with Gasteiger partial charge in [0, 0.05) is 14.1 Å². The van der Waals surface area contributed by atoms with Gasteiger partial charge in [0.2, 0.25) is 0 Å². The van der Waals surface area contributed by atoms with Gasteiger partial charge in [-0.25, -0.2) is 5.12 Å². The molecule has 0 aromatic carbocycles. The fraction of sp³-hybridized carbons (Fsp3) is 1.00. The van der Waals surface area contributed by atoms with Crippen LogP contribution in [0.1, 0.15) is 0 Å². The molecule has 4 N–H and O–H groups in total. The van der Waals surface area contributed by atoms with E-state index in [1.807, 2.05) is 0 Å². The monoisotopic (exact) mass is 130 g/mol. The molecule has 0 fully saturated rings. The standard InChI is InChI=1S/C3H10N6/c1-8-3(4,5)6-7-9(8)2/h4-5H2,1-2H3. The molecule has 0 unspecified atom stereocenters. The smallest absolute Gasteiger partial charge is 0.259 e. The Morgan fingerprint density at radius 3 is 2.00 bits per heavy atom. The second-order valence-corrected chi connectivity index (χ2v) is 1.99. The van der Waals surface area contributed by atoms with Gasteiger partial charge in [0.25, 0.3) is 5.91 Å². The summed E-state index contributed by atoms with van der Waals surface area (Å²) in [5, 5.41) is 10.2. The van der Waals surface area contributed by atoms with Crippen molar-refractivity contribution in [3.63, 3.8) is 0 Å². The summed E-state index contributed by atoms with van der Waals surface area (Å²) in [6, 6.07) is 0. The highest BCUT2D eigenvalue weighted by Gasteiger charge is 2.32. The van der Waals surface area contributed by atoms with Gasteiger partial charge in [-0.1, -0.05) is 5.22 Å². The third kappa shape index (κ3) is 0.869. The van der Waals surface area contributed by atoms with Crippen LogP contribution >= 0.6 is 0 Å². The minimum Gasteiger partial charge on any atom is -0.278 e. The number of hydrogen-bond donors (Lipinski definition) is 2. The van der Waals surface area contributed by atoms with E-state index in [1.165, 1.54) is 10.1 Å². The van der Waals surface area contributed by atoms with E-state index in [1.54, 1.807) is 14.1 Å². The molecule has 0 atom stereocenters. The van der Waals surface area contributed by atoms with Crippen LogP contribution in [0.15, 0.2) is 10.3 Å². The zero-order valence-electron chi connectivity index (χ0n) is 5.44. The van der Waals surface area contributed by atoms with Gasteiger partial charge >= 0.3 is 0 Å². The molecule has 52 valence electrons. The summed E-state index contributed by atoms with van der Waals surface area (Å²) in [7, 11) is 3.42. The summed E-state index contributed by atoms with van der Waals surface area (Å²) in [6.45, 7) is 0. The van der Waals surface area contributed by atoms with Crippen molar-refractivity contribution in [3.8, 4) is 0 Å². The lowest BCUT2D eigenvalue weighted by atomic mass is 10.7. The van der Waals surface area contributed by atoms with Gasteiger partial charge in [0.1, 0.15) is 0 Å². The summed E-state index contributed by atoms with van der Waals surface area (Å²) in [6.07, 6.45) is 0. The van der Waals surface area contributed by atoms with E-state index in [4.69, 9.17) is 11.5 Å². The first-order chi connectivity index (χ1) is 4.04. The lowest BCUT2D eigenvalue weighted by molar-refractivity contribution is -0.0176. The molecular weight excluding hydrogens is 120 g/mol. The van der Waals surface area contributed by atoms with Crippen molar-refractivity contribution in [2.75, 3.05) is 14.1 Å². The summed E-state index contributed by atoms with van der Waals surface area (Å²) in [4.78, 5) is 0. The number of nitrogens with zero attached hydrogens (tertiary/aromatic N) is 4. The quantitative estimate of drug-likeness (QED) is 0.398. The lowest BCUT2D eigenvalue weighted by Crippen LogP contribution is -2.60. The second-order valence-electron chi connectivity index (χ2n) is 1.99. The summed E-state index contributed by atoms with van der Waals surface area (Å²) < 4.78 is 0. The Hall–Kier alpha value is -0.720. The van der Waals surface area contributed by atoms with Crippen LogP contribution in [0, 0.1) is 0 Å². The molecule has 0 aliphatic carbocycles. The van der Waals surface area contributed by atoms with Crippen LogP contribution in [0.2, 0.25) is 0 Å². The molecule has 1 aliphatic rings. The van der Waals surface area contributed by atoms with E-state index >= 15 is 0 Å². The summed E-state index contributed by atoms with van der Waals surface area (Å²) in [5.74, 6) is -1.16. The molecule has 0 amide bonds. The van der Waals surface area contributed by atoms with E-state index in [9.17, 15) is 0 Å². The fourth-order valence-corrected chi connectivity index (χ4v) is 0.493. The molecule has 6 nitrogen and oxygen atoms in total. The molecule has 1 rings (SSSR count). The Morgan fingerprint density at radius 1 is 1.33 bits per heavy atom. The van der Waals surface area contributed by atoms with Crippen LogP contribution < -0.4 is 11.5 Å². The van der Waals surface area contributed by atoms with Crippen LogP contribution in [0.3, 0.4) is 0 Å². The highest BCUT2D eigenvalue weighted by molar-refractivity contribution is 4.70. The zero-order chi connectivity index (χ0) is 7.07. The van der Waals surface area contributed by atoms with Gasteiger partial charge in [-0.15, -0.1) is 5.11 Å².